The average Bonchev–Trinajstić information content (AvgIpc) is 2.39. The molecule has 19 heavy (non-hydrogen) atoms. The summed E-state index contributed by atoms with van der Waals surface area (Å²) >= 11 is 0. The molecule has 0 radical (unpaired) electrons. The van der Waals surface area contributed by atoms with Gasteiger partial charge in [-0.25, -0.2) is 0 Å². The van der Waals surface area contributed by atoms with Gasteiger partial charge in [0.2, 0.25) is 0 Å². The summed E-state index contributed by atoms with van der Waals surface area (Å²) in [6.45, 7) is 0.837. The van der Waals surface area contributed by atoms with Crippen LogP contribution in [0.1, 0.15) is 6.42 Å². The minimum atomic E-state index is -0.295. The number of anilines is 1. The Hall–Kier alpha value is -2.50. The molecule has 1 heterocycles. The van der Waals surface area contributed by atoms with E-state index >= 15 is 0 Å². The van der Waals surface area contributed by atoms with E-state index in [0.29, 0.717) is 31.0 Å². The Morgan fingerprint density at radius 2 is 2.05 bits per heavy atom. The Bertz CT molecular complexity index is 660. The summed E-state index contributed by atoms with van der Waals surface area (Å²) in [6.07, 6.45) is 0.606. The molecule has 0 atom stereocenters. The quantitative estimate of drug-likeness (QED) is 0.608. The summed E-state index contributed by atoms with van der Waals surface area (Å²) < 4.78 is 6.76. The number of aryl methyl sites for hydroxylation is 1. The van der Waals surface area contributed by atoms with E-state index < -0.39 is 0 Å². The van der Waals surface area contributed by atoms with Crippen LogP contribution >= 0.6 is 0 Å². The van der Waals surface area contributed by atoms with Gasteiger partial charge in [0.1, 0.15) is 5.75 Å². The second-order valence-corrected chi connectivity index (χ2v) is 4.07. The largest absolute Gasteiger partial charge is 0.493 e. The van der Waals surface area contributed by atoms with E-state index in [2.05, 4.69) is 5.10 Å². The maximum Gasteiger partial charge on any atom is 0.265 e. The average molecular weight is 261 g/mol. The first-order chi connectivity index (χ1) is 9.15. The van der Waals surface area contributed by atoms with Gasteiger partial charge >= 0.3 is 0 Å². The van der Waals surface area contributed by atoms with Crippen molar-refractivity contribution in [2.24, 2.45) is 0 Å². The fourth-order valence-corrected chi connectivity index (χ4v) is 1.65. The van der Waals surface area contributed by atoms with Gasteiger partial charge in [-0.1, -0.05) is 6.07 Å². The van der Waals surface area contributed by atoms with Crippen LogP contribution in [0.25, 0.3) is 0 Å². The number of benzene rings is 1. The molecule has 0 unspecified atom stereocenters. The van der Waals surface area contributed by atoms with Crippen LogP contribution in [0, 0.1) is 0 Å². The Morgan fingerprint density at radius 1 is 1.21 bits per heavy atom. The van der Waals surface area contributed by atoms with E-state index in [1.54, 1.807) is 12.1 Å². The van der Waals surface area contributed by atoms with Crippen molar-refractivity contribution in [1.29, 1.82) is 0 Å². The molecule has 2 aromatic rings. The van der Waals surface area contributed by atoms with Crippen molar-refractivity contribution in [2.45, 2.75) is 13.0 Å². The molecule has 0 amide bonds. The second-order valence-electron chi connectivity index (χ2n) is 4.07. The predicted octanol–water partition coefficient (Wildman–Crippen LogP) is 0.588. The number of aromatic amines is 1. The fraction of sp³-hybridized carbons (Fsp3) is 0.231. The topological polar surface area (TPSA) is 90.1 Å². The molecule has 1 aromatic carbocycles. The number of H-pyrrole nitrogens is 1. The summed E-state index contributed by atoms with van der Waals surface area (Å²) in [5.74, 6) is 0.689. The maximum atomic E-state index is 11.4. The van der Waals surface area contributed by atoms with E-state index in [1.165, 1.54) is 16.8 Å². The Morgan fingerprint density at radius 3 is 2.84 bits per heavy atom. The number of nitrogens with two attached hydrogens (primary N) is 1. The monoisotopic (exact) mass is 261 g/mol. The van der Waals surface area contributed by atoms with Crippen LogP contribution in [0.2, 0.25) is 0 Å². The number of nitrogen functional groups attached to an aromatic ring is 1. The summed E-state index contributed by atoms with van der Waals surface area (Å²) in [5.41, 5.74) is 5.74. The molecular weight excluding hydrogens is 246 g/mol. The number of aromatic nitrogens is 2. The molecule has 6 heteroatoms. The zero-order valence-electron chi connectivity index (χ0n) is 10.3. The van der Waals surface area contributed by atoms with Crippen molar-refractivity contribution < 1.29 is 4.74 Å². The molecule has 100 valence electrons. The molecule has 0 saturated heterocycles. The zero-order valence-corrected chi connectivity index (χ0v) is 10.3. The SMILES string of the molecule is Nc1cccc(OCCCn2[nH]c(=O)ccc2=O)c1. The third-order valence-corrected chi connectivity index (χ3v) is 2.54. The van der Waals surface area contributed by atoms with Crippen molar-refractivity contribution in [3.05, 3.63) is 57.1 Å². The lowest BCUT2D eigenvalue weighted by Crippen LogP contribution is -2.28. The number of hydrogen-bond acceptors (Lipinski definition) is 4. The highest BCUT2D eigenvalue weighted by molar-refractivity contribution is 5.43. The summed E-state index contributed by atoms with van der Waals surface area (Å²) in [6, 6.07) is 9.59. The Kier molecular flexibility index (Phi) is 4.02. The van der Waals surface area contributed by atoms with Gasteiger partial charge in [-0.3, -0.25) is 19.4 Å². The Balaban J connectivity index is 1.86. The van der Waals surface area contributed by atoms with E-state index in [4.69, 9.17) is 10.5 Å². The molecule has 0 saturated carbocycles. The molecule has 2 rings (SSSR count). The molecule has 1 aromatic heterocycles. The number of nitrogens with zero attached hydrogens (tertiary/aromatic N) is 1. The molecule has 0 aliphatic carbocycles. The van der Waals surface area contributed by atoms with E-state index in [0.717, 1.165) is 0 Å². The van der Waals surface area contributed by atoms with Gasteiger partial charge in [-0.15, -0.1) is 0 Å². The number of nitrogens with one attached hydrogen (secondary N) is 1. The first-order valence-electron chi connectivity index (χ1n) is 5.94. The van der Waals surface area contributed by atoms with Gasteiger partial charge in [0, 0.05) is 36.9 Å². The Labute approximate surface area is 109 Å². The summed E-state index contributed by atoms with van der Waals surface area (Å²) in [5, 5.41) is 2.46. The zero-order chi connectivity index (χ0) is 13.7. The van der Waals surface area contributed by atoms with Crippen molar-refractivity contribution in [2.75, 3.05) is 12.3 Å². The normalized spacial score (nSPS) is 10.3. The van der Waals surface area contributed by atoms with E-state index in [9.17, 15) is 9.59 Å². The van der Waals surface area contributed by atoms with Gasteiger partial charge in [0.25, 0.3) is 11.1 Å². The van der Waals surface area contributed by atoms with Crippen LogP contribution in [-0.4, -0.2) is 16.4 Å². The minimum Gasteiger partial charge on any atom is -0.493 e. The van der Waals surface area contributed by atoms with Crippen molar-refractivity contribution in [3.63, 3.8) is 0 Å². The summed E-state index contributed by atoms with van der Waals surface area (Å²) in [4.78, 5) is 22.5. The predicted molar refractivity (Wildman–Crippen MR) is 72.3 cm³/mol. The lowest BCUT2D eigenvalue weighted by atomic mass is 10.3. The van der Waals surface area contributed by atoms with Crippen LogP contribution in [-0.2, 0) is 6.54 Å². The van der Waals surface area contributed by atoms with Crippen molar-refractivity contribution in [1.82, 2.24) is 9.78 Å². The molecule has 0 spiro atoms. The lowest BCUT2D eigenvalue weighted by Gasteiger charge is -2.07. The summed E-state index contributed by atoms with van der Waals surface area (Å²) in [7, 11) is 0. The standard InChI is InChI=1S/C13H15N3O3/c14-10-3-1-4-11(9-10)19-8-2-7-16-13(18)6-5-12(17)15-16/h1,3-6,9H,2,7-8,14H2,(H,15,17). The third kappa shape index (κ3) is 3.74. The molecular formula is C13H15N3O3. The van der Waals surface area contributed by atoms with E-state index in [1.807, 2.05) is 12.1 Å². The van der Waals surface area contributed by atoms with Gasteiger partial charge < -0.3 is 10.5 Å². The fourth-order valence-electron chi connectivity index (χ4n) is 1.65. The molecule has 0 aliphatic rings. The molecule has 3 N–H and O–H groups in total. The molecule has 6 nitrogen and oxygen atoms in total. The smallest absolute Gasteiger partial charge is 0.265 e. The first kappa shape index (κ1) is 12.9. The highest BCUT2D eigenvalue weighted by atomic mass is 16.5. The minimum absolute atomic E-state index is 0.233. The van der Waals surface area contributed by atoms with Crippen LogP contribution in [0.15, 0.2) is 46.0 Å². The van der Waals surface area contributed by atoms with Gasteiger partial charge in [-0.05, 0) is 12.1 Å². The second kappa shape index (κ2) is 5.90. The number of rotatable bonds is 5. The molecule has 0 fully saturated rings. The lowest BCUT2D eigenvalue weighted by molar-refractivity contribution is 0.297. The van der Waals surface area contributed by atoms with E-state index in [-0.39, 0.29) is 11.1 Å². The van der Waals surface area contributed by atoms with Crippen LogP contribution in [0.3, 0.4) is 0 Å². The maximum absolute atomic E-state index is 11.4. The van der Waals surface area contributed by atoms with Gasteiger partial charge in [0.15, 0.2) is 0 Å². The first-order valence-corrected chi connectivity index (χ1v) is 5.94. The number of ether oxygens (including phenoxy) is 1. The van der Waals surface area contributed by atoms with Gasteiger partial charge in [-0.2, -0.15) is 0 Å². The van der Waals surface area contributed by atoms with Crippen LogP contribution in [0.4, 0.5) is 5.69 Å². The van der Waals surface area contributed by atoms with Crippen molar-refractivity contribution >= 4 is 5.69 Å². The third-order valence-electron chi connectivity index (χ3n) is 2.54. The van der Waals surface area contributed by atoms with Crippen LogP contribution < -0.4 is 21.6 Å². The van der Waals surface area contributed by atoms with Gasteiger partial charge in [0.05, 0.1) is 6.61 Å². The van der Waals surface area contributed by atoms with Crippen LogP contribution in [0.5, 0.6) is 5.75 Å². The highest BCUT2D eigenvalue weighted by Crippen LogP contribution is 2.14. The highest BCUT2D eigenvalue weighted by Gasteiger charge is 1.98. The molecule has 0 aliphatic heterocycles. The molecule has 0 bridgehead atoms. The number of hydrogen-bond donors (Lipinski definition) is 2. The van der Waals surface area contributed by atoms with Crippen molar-refractivity contribution in [3.8, 4) is 5.75 Å².